The van der Waals surface area contributed by atoms with E-state index in [1.165, 1.54) is 11.3 Å². The van der Waals surface area contributed by atoms with Crippen molar-refractivity contribution in [1.29, 1.82) is 0 Å². The van der Waals surface area contributed by atoms with Crippen LogP contribution >= 0.6 is 46.1 Å². The van der Waals surface area contributed by atoms with E-state index in [1.807, 2.05) is 17.5 Å². The Bertz CT molecular complexity index is 387. The molecule has 1 aromatic heterocycles. The van der Waals surface area contributed by atoms with Crippen LogP contribution in [0.2, 0.25) is 0 Å². The fourth-order valence-corrected chi connectivity index (χ4v) is 2.16. The largest absolute Gasteiger partial charge is 0.355 e. The molecule has 0 spiro atoms. The van der Waals surface area contributed by atoms with Gasteiger partial charge < -0.3 is 9.94 Å². The maximum absolute atomic E-state index is 9.87. The number of nitrogens with zero attached hydrogens (tertiary/aromatic N) is 1. The van der Waals surface area contributed by atoms with Crippen LogP contribution in [0, 0.1) is 0 Å². The molecule has 1 aromatic rings. The molecule has 1 N–H and O–H groups in total. The molecule has 0 fully saturated rings. The van der Waals surface area contributed by atoms with Gasteiger partial charge in [-0.2, -0.15) is 0 Å². The van der Waals surface area contributed by atoms with Crippen molar-refractivity contribution in [3.8, 4) is 0 Å². The molecule has 1 atom stereocenters. The molecule has 0 bridgehead atoms. The van der Waals surface area contributed by atoms with Gasteiger partial charge in [-0.15, -0.1) is 11.3 Å². The molecule has 0 amide bonds. The van der Waals surface area contributed by atoms with Crippen molar-refractivity contribution in [2.75, 3.05) is 0 Å². The molecule has 15 heavy (non-hydrogen) atoms. The molecule has 3 nitrogen and oxygen atoms in total. The molecule has 7 heteroatoms. The zero-order chi connectivity index (χ0) is 11.1. The van der Waals surface area contributed by atoms with Gasteiger partial charge in [-0.05, 0) is 11.4 Å². The maximum Gasteiger partial charge on any atom is 0.287 e. The normalized spacial score (nSPS) is 26.3. The van der Waals surface area contributed by atoms with Gasteiger partial charge >= 0.3 is 0 Å². The minimum absolute atomic E-state index is 0.0595. The second-order valence-corrected chi connectivity index (χ2v) is 6.29. The number of halogens is 3. The lowest BCUT2D eigenvalue weighted by Crippen LogP contribution is -2.42. The zero-order valence-electron chi connectivity index (χ0n) is 7.28. The molecule has 1 aliphatic heterocycles. The Morgan fingerprint density at radius 1 is 1.53 bits per heavy atom. The summed E-state index contributed by atoms with van der Waals surface area (Å²) < 4.78 is -1.92. The Morgan fingerprint density at radius 3 is 2.73 bits per heavy atom. The first-order valence-electron chi connectivity index (χ1n) is 4.00. The van der Waals surface area contributed by atoms with Crippen LogP contribution in [-0.4, -0.2) is 20.4 Å². The average molecular weight is 287 g/mol. The molecule has 2 rings (SSSR count). The summed E-state index contributed by atoms with van der Waals surface area (Å²) in [6.07, 6.45) is 0.0595. The molecule has 0 unspecified atom stereocenters. The van der Waals surface area contributed by atoms with Gasteiger partial charge in [-0.3, -0.25) is 0 Å². The topological polar surface area (TPSA) is 41.8 Å². The molecule has 0 aliphatic carbocycles. The van der Waals surface area contributed by atoms with Crippen LogP contribution < -0.4 is 0 Å². The lowest BCUT2D eigenvalue weighted by atomic mass is 10.1. The Hall–Kier alpha value is -0.000000000000000222. The second kappa shape index (κ2) is 3.79. The lowest BCUT2D eigenvalue weighted by molar-refractivity contribution is -0.181. The van der Waals surface area contributed by atoms with Gasteiger partial charge in [0, 0.05) is 0 Å². The Labute approximate surface area is 105 Å². The highest BCUT2D eigenvalue weighted by Crippen LogP contribution is 2.44. The van der Waals surface area contributed by atoms with Gasteiger partial charge in [0.25, 0.3) is 9.58 Å². The smallest absolute Gasteiger partial charge is 0.287 e. The molecular weight excluding hydrogens is 281 g/mol. The molecule has 0 saturated carbocycles. The molecule has 82 valence electrons. The first-order valence-corrected chi connectivity index (χ1v) is 6.02. The first kappa shape index (κ1) is 11.5. The number of aliphatic hydroxyl groups is 1. The van der Waals surface area contributed by atoms with E-state index in [9.17, 15) is 5.11 Å². The molecule has 0 saturated heterocycles. The van der Waals surface area contributed by atoms with Crippen LogP contribution in [0.25, 0.3) is 0 Å². The lowest BCUT2D eigenvalue weighted by Gasteiger charge is -2.26. The van der Waals surface area contributed by atoms with E-state index >= 15 is 0 Å². The summed E-state index contributed by atoms with van der Waals surface area (Å²) in [5, 5.41) is 15.5. The van der Waals surface area contributed by atoms with Gasteiger partial charge in [0.15, 0.2) is 0 Å². The number of hydrogen-bond donors (Lipinski definition) is 1. The Balaban J connectivity index is 2.18. The third-order valence-corrected chi connectivity index (χ3v) is 3.77. The van der Waals surface area contributed by atoms with Crippen LogP contribution in [0.15, 0.2) is 22.7 Å². The van der Waals surface area contributed by atoms with Crippen LogP contribution in [0.4, 0.5) is 0 Å². The standard InChI is InChI=1S/C8H6Cl3NO2S/c9-8(10,11)7(13)4-5(12-14-7)6-2-1-3-15-6/h1-3,13H,4H2/t7-/m1/s1. The summed E-state index contributed by atoms with van der Waals surface area (Å²) in [4.78, 5) is 5.68. The van der Waals surface area contributed by atoms with Gasteiger partial charge in [0.1, 0.15) is 5.71 Å². The average Bonchev–Trinajstić information content (AvgIpc) is 2.70. The number of hydrogen-bond acceptors (Lipinski definition) is 4. The van der Waals surface area contributed by atoms with Crippen molar-refractivity contribution in [1.82, 2.24) is 0 Å². The van der Waals surface area contributed by atoms with E-state index < -0.39 is 9.58 Å². The quantitative estimate of drug-likeness (QED) is 0.807. The van der Waals surface area contributed by atoms with E-state index in [-0.39, 0.29) is 6.42 Å². The van der Waals surface area contributed by atoms with Crippen molar-refractivity contribution in [2.45, 2.75) is 16.0 Å². The van der Waals surface area contributed by atoms with Crippen molar-refractivity contribution >= 4 is 51.9 Å². The van der Waals surface area contributed by atoms with Gasteiger partial charge in [-0.1, -0.05) is 46.0 Å². The summed E-state index contributed by atoms with van der Waals surface area (Å²) in [6, 6.07) is 3.73. The van der Waals surface area contributed by atoms with Crippen molar-refractivity contribution in [3.05, 3.63) is 22.4 Å². The minimum atomic E-state index is -1.92. The monoisotopic (exact) mass is 285 g/mol. The molecule has 0 aromatic carbocycles. The minimum Gasteiger partial charge on any atom is -0.355 e. The summed E-state index contributed by atoms with van der Waals surface area (Å²) in [5.74, 6) is -1.88. The zero-order valence-corrected chi connectivity index (χ0v) is 10.4. The van der Waals surface area contributed by atoms with Gasteiger partial charge in [-0.25, -0.2) is 0 Å². The van der Waals surface area contributed by atoms with Gasteiger partial charge in [0.05, 0.1) is 11.3 Å². The van der Waals surface area contributed by atoms with E-state index in [0.29, 0.717) is 5.71 Å². The summed E-state index contributed by atoms with van der Waals surface area (Å²) in [5.41, 5.74) is 0.582. The van der Waals surface area contributed by atoms with Crippen molar-refractivity contribution < 1.29 is 9.94 Å². The summed E-state index contributed by atoms with van der Waals surface area (Å²) in [6.45, 7) is 0. The van der Waals surface area contributed by atoms with E-state index in [2.05, 4.69) is 5.16 Å². The van der Waals surface area contributed by atoms with Crippen LogP contribution in [0.5, 0.6) is 0 Å². The second-order valence-electron chi connectivity index (χ2n) is 3.07. The number of thiophene rings is 1. The Kier molecular flexibility index (Phi) is 2.90. The highest BCUT2D eigenvalue weighted by molar-refractivity contribution is 7.12. The fraction of sp³-hybridized carbons (Fsp3) is 0.375. The van der Waals surface area contributed by atoms with E-state index in [0.717, 1.165) is 4.88 Å². The SMILES string of the molecule is O[C@]1(C(Cl)(Cl)Cl)CC(c2cccs2)=NO1. The predicted octanol–water partition coefficient (Wildman–Crippen LogP) is 2.93. The fourth-order valence-electron chi connectivity index (χ4n) is 1.15. The van der Waals surface area contributed by atoms with E-state index in [4.69, 9.17) is 39.6 Å². The first-order chi connectivity index (χ1) is 6.92. The molecule has 2 heterocycles. The maximum atomic E-state index is 9.87. The molecular formula is C8H6Cl3NO2S. The number of rotatable bonds is 1. The van der Waals surface area contributed by atoms with Crippen LogP contribution in [0.1, 0.15) is 11.3 Å². The number of oxime groups is 1. The van der Waals surface area contributed by atoms with Crippen molar-refractivity contribution in [3.63, 3.8) is 0 Å². The molecule has 0 radical (unpaired) electrons. The van der Waals surface area contributed by atoms with E-state index in [1.54, 1.807) is 0 Å². The summed E-state index contributed by atoms with van der Waals surface area (Å²) >= 11 is 18.3. The molecule has 1 aliphatic rings. The van der Waals surface area contributed by atoms with Crippen molar-refractivity contribution in [2.24, 2.45) is 5.16 Å². The Morgan fingerprint density at radius 2 is 2.27 bits per heavy atom. The number of alkyl halides is 3. The third-order valence-electron chi connectivity index (χ3n) is 1.96. The predicted molar refractivity (Wildman–Crippen MR) is 61.8 cm³/mol. The third kappa shape index (κ3) is 2.10. The van der Waals surface area contributed by atoms with Gasteiger partial charge in [0.2, 0.25) is 0 Å². The summed E-state index contributed by atoms with van der Waals surface area (Å²) in [7, 11) is 0. The highest BCUT2D eigenvalue weighted by atomic mass is 35.6. The van der Waals surface area contributed by atoms with Crippen LogP contribution in [0.3, 0.4) is 0 Å². The highest BCUT2D eigenvalue weighted by Gasteiger charge is 2.54. The van der Waals surface area contributed by atoms with Crippen LogP contribution in [-0.2, 0) is 4.84 Å².